The molecule has 1 amide bonds. The molecule has 0 radical (unpaired) electrons. The van der Waals surface area contributed by atoms with E-state index in [0.29, 0.717) is 21.3 Å². The van der Waals surface area contributed by atoms with Crippen LogP contribution in [0.4, 0.5) is 5.69 Å². The van der Waals surface area contributed by atoms with Gasteiger partial charge in [-0.3, -0.25) is 9.00 Å². The monoisotopic (exact) mass is 355 g/mol. The number of para-hydroxylation sites is 1. The Bertz CT molecular complexity index is 692. The summed E-state index contributed by atoms with van der Waals surface area (Å²) in [5.41, 5.74) is 1.39. The van der Waals surface area contributed by atoms with Crippen molar-refractivity contribution in [1.82, 2.24) is 0 Å². The van der Waals surface area contributed by atoms with Gasteiger partial charge in [-0.05, 0) is 36.8 Å². The number of rotatable bonds is 5. The first kappa shape index (κ1) is 17.0. The molecule has 2 atom stereocenters. The van der Waals surface area contributed by atoms with Crippen molar-refractivity contribution < 1.29 is 9.00 Å². The second-order valence-corrected chi connectivity index (χ2v) is 7.36. The molecular formula is C16H15Cl2NO2S. The van der Waals surface area contributed by atoms with Gasteiger partial charge in [-0.2, -0.15) is 0 Å². The molecule has 2 rings (SSSR count). The van der Waals surface area contributed by atoms with Crippen LogP contribution in [0.15, 0.2) is 48.5 Å². The van der Waals surface area contributed by atoms with Gasteiger partial charge in [-0.15, -0.1) is 0 Å². The van der Waals surface area contributed by atoms with Crippen molar-refractivity contribution in [2.24, 2.45) is 0 Å². The molecule has 0 aliphatic rings. The van der Waals surface area contributed by atoms with Gasteiger partial charge in [0.25, 0.3) is 0 Å². The van der Waals surface area contributed by atoms with Crippen LogP contribution in [0.1, 0.15) is 12.5 Å². The van der Waals surface area contributed by atoms with E-state index in [1.165, 1.54) is 0 Å². The summed E-state index contributed by atoms with van der Waals surface area (Å²) in [6.07, 6.45) is 0. The lowest BCUT2D eigenvalue weighted by molar-refractivity contribution is -0.115. The van der Waals surface area contributed by atoms with E-state index >= 15 is 0 Å². The topological polar surface area (TPSA) is 46.2 Å². The number of carbonyl (C=O) groups is 1. The Morgan fingerprint density at radius 1 is 1.18 bits per heavy atom. The second kappa shape index (κ2) is 7.77. The molecule has 0 aromatic heterocycles. The number of halogens is 2. The second-order valence-electron chi connectivity index (χ2n) is 4.76. The third kappa shape index (κ3) is 4.57. The van der Waals surface area contributed by atoms with Gasteiger partial charge in [0.1, 0.15) is 5.25 Å². The van der Waals surface area contributed by atoms with E-state index in [1.54, 1.807) is 37.3 Å². The van der Waals surface area contributed by atoms with Crippen LogP contribution in [0.5, 0.6) is 0 Å². The Labute approximate surface area is 142 Å². The predicted octanol–water partition coefficient (Wildman–Crippen LogP) is 4.27. The highest BCUT2D eigenvalue weighted by atomic mass is 35.5. The standard InChI is InChI=1S/C16H15Cl2NO2S/c1-11(16(20)19-14-5-3-2-4-6-14)22(21)10-12-7-8-13(17)9-15(12)18/h2-9,11H,10H2,1H3,(H,19,20). The summed E-state index contributed by atoms with van der Waals surface area (Å²) in [6.45, 7) is 1.64. The Hall–Kier alpha value is -1.36. The predicted molar refractivity (Wildman–Crippen MR) is 92.8 cm³/mol. The van der Waals surface area contributed by atoms with Crippen molar-refractivity contribution >= 4 is 45.6 Å². The van der Waals surface area contributed by atoms with Gasteiger partial charge in [-0.1, -0.05) is 47.5 Å². The zero-order chi connectivity index (χ0) is 16.1. The third-order valence-corrected chi connectivity index (χ3v) is 5.30. The number of carbonyl (C=O) groups excluding carboxylic acids is 1. The van der Waals surface area contributed by atoms with Crippen LogP contribution in [-0.2, 0) is 21.3 Å². The third-order valence-electron chi connectivity index (χ3n) is 3.12. The largest absolute Gasteiger partial charge is 0.325 e. The Balaban J connectivity index is 2.01. The van der Waals surface area contributed by atoms with Crippen LogP contribution in [0.2, 0.25) is 10.0 Å². The van der Waals surface area contributed by atoms with Gasteiger partial charge in [0.15, 0.2) is 0 Å². The first-order chi connectivity index (χ1) is 10.5. The van der Waals surface area contributed by atoms with Gasteiger partial charge < -0.3 is 5.32 Å². The number of benzene rings is 2. The summed E-state index contributed by atoms with van der Waals surface area (Å²) in [5, 5.41) is 3.08. The molecule has 0 aliphatic heterocycles. The van der Waals surface area contributed by atoms with Crippen molar-refractivity contribution in [3.8, 4) is 0 Å². The van der Waals surface area contributed by atoms with Gasteiger partial charge in [0, 0.05) is 26.5 Å². The van der Waals surface area contributed by atoms with Crippen molar-refractivity contribution in [3.05, 3.63) is 64.1 Å². The molecule has 6 heteroatoms. The smallest absolute Gasteiger partial charge is 0.239 e. The van der Waals surface area contributed by atoms with Gasteiger partial charge >= 0.3 is 0 Å². The molecule has 0 saturated heterocycles. The van der Waals surface area contributed by atoms with Gasteiger partial charge in [-0.25, -0.2) is 0 Å². The number of amides is 1. The molecule has 2 unspecified atom stereocenters. The van der Waals surface area contributed by atoms with E-state index in [4.69, 9.17) is 23.2 Å². The average molecular weight is 356 g/mol. The van der Waals surface area contributed by atoms with Crippen molar-refractivity contribution in [3.63, 3.8) is 0 Å². The molecule has 0 saturated carbocycles. The van der Waals surface area contributed by atoms with E-state index in [0.717, 1.165) is 0 Å². The summed E-state index contributed by atoms with van der Waals surface area (Å²) in [6, 6.07) is 14.1. The summed E-state index contributed by atoms with van der Waals surface area (Å²) >= 11 is 11.9. The van der Waals surface area contributed by atoms with E-state index in [9.17, 15) is 9.00 Å². The summed E-state index contributed by atoms with van der Waals surface area (Å²) in [5.74, 6) is -0.0750. The maximum absolute atomic E-state index is 12.3. The molecule has 22 heavy (non-hydrogen) atoms. The Morgan fingerprint density at radius 2 is 1.86 bits per heavy atom. The minimum absolute atomic E-state index is 0.208. The maximum atomic E-state index is 12.3. The number of anilines is 1. The summed E-state index contributed by atoms with van der Waals surface area (Å²) < 4.78 is 12.3. The number of nitrogens with one attached hydrogen (secondary N) is 1. The lowest BCUT2D eigenvalue weighted by Gasteiger charge is -2.13. The molecule has 3 nitrogen and oxygen atoms in total. The van der Waals surface area contributed by atoms with E-state index in [2.05, 4.69) is 5.32 Å². The minimum Gasteiger partial charge on any atom is -0.325 e. The van der Waals surface area contributed by atoms with E-state index < -0.39 is 16.0 Å². The van der Waals surface area contributed by atoms with Crippen molar-refractivity contribution in [2.45, 2.75) is 17.9 Å². The fourth-order valence-electron chi connectivity index (χ4n) is 1.80. The molecular weight excluding hydrogens is 341 g/mol. The molecule has 0 fully saturated rings. The Morgan fingerprint density at radius 3 is 2.50 bits per heavy atom. The Kier molecular flexibility index (Phi) is 6.00. The van der Waals surface area contributed by atoms with Crippen LogP contribution in [0.3, 0.4) is 0 Å². The fourth-order valence-corrected chi connectivity index (χ4v) is 3.46. The lowest BCUT2D eigenvalue weighted by atomic mass is 10.2. The van der Waals surface area contributed by atoms with E-state index in [1.807, 2.05) is 18.2 Å². The van der Waals surface area contributed by atoms with Gasteiger partial charge in [0.05, 0.1) is 5.75 Å². The first-order valence-electron chi connectivity index (χ1n) is 6.64. The van der Waals surface area contributed by atoms with Crippen LogP contribution >= 0.6 is 23.2 Å². The minimum atomic E-state index is -1.38. The van der Waals surface area contributed by atoms with Gasteiger partial charge in [0.2, 0.25) is 5.91 Å². The quantitative estimate of drug-likeness (QED) is 0.870. The normalized spacial score (nSPS) is 13.4. The van der Waals surface area contributed by atoms with Crippen molar-refractivity contribution in [1.29, 1.82) is 0 Å². The maximum Gasteiger partial charge on any atom is 0.239 e. The molecule has 2 aromatic rings. The number of hydrogen-bond donors (Lipinski definition) is 1. The molecule has 2 aromatic carbocycles. The first-order valence-corrected chi connectivity index (χ1v) is 8.78. The highest BCUT2D eigenvalue weighted by Gasteiger charge is 2.21. The van der Waals surface area contributed by atoms with E-state index in [-0.39, 0.29) is 11.7 Å². The zero-order valence-electron chi connectivity index (χ0n) is 11.9. The number of hydrogen-bond acceptors (Lipinski definition) is 2. The highest BCUT2D eigenvalue weighted by molar-refractivity contribution is 7.85. The summed E-state index contributed by atoms with van der Waals surface area (Å²) in [7, 11) is -1.38. The van der Waals surface area contributed by atoms with Crippen LogP contribution < -0.4 is 5.32 Å². The van der Waals surface area contributed by atoms with Crippen LogP contribution in [0, 0.1) is 0 Å². The lowest BCUT2D eigenvalue weighted by Crippen LogP contribution is -2.29. The highest BCUT2D eigenvalue weighted by Crippen LogP contribution is 2.23. The van der Waals surface area contributed by atoms with Crippen LogP contribution in [-0.4, -0.2) is 15.4 Å². The SMILES string of the molecule is CC(C(=O)Nc1ccccc1)S(=O)Cc1ccc(Cl)cc1Cl. The van der Waals surface area contributed by atoms with Crippen molar-refractivity contribution in [2.75, 3.05) is 5.32 Å². The fraction of sp³-hybridized carbons (Fsp3) is 0.188. The zero-order valence-corrected chi connectivity index (χ0v) is 14.2. The summed E-state index contributed by atoms with van der Waals surface area (Å²) in [4.78, 5) is 12.1. The molecule has 0 bridgehead atoms. The molecule has 0 spiro atoms. The molecule has 1 N–H and O–H groups in total. The molecule has 0 aliphatic carbocycles. The van der Waals surface area contributed by atoms with Crippen LogP contribution in [0.25, 0.3) is 0 Å². The molecule has 116 valence electrons. The average Bonchev–Trinajstić information content (AvgIpc) is 2.50. The molecule has 0 heterocycles.